The van der Waals surface area contributed by atoms with Crippen molar-refractivity contribution in [2.75, 3.05) is 4.90 Å². The third-order valence-electron chi connectivity index (χ3n) is 6.00. The molecule has 4 saturated heterocycles. The Kier molecular flexibility index (Phi) is 3.98. The molecule has 35 heavy (non-hydrogen) atoms. The van der Waals surface area contributed by atoms with Crippen molar-refractivity contribution in [2.45, 2.75) is 36.9 Å². The van der Waals surface area contributed by atoms with E-state index in [1.807, 2.05) is 0 Å². The highest BCUT2D eigenvalue weighted by atomic mass is 31.2. The second-order valence-corrected chi connectivity index (χ2v) is 9.71. The first kappa shape index (κ1) is 21.0. The van der Waals surface area contributed by atoms with Crippen molar-refractivity contribution >= 4 is 19.6 Å². The topological polar surface area (TPSA) is 151 Å². The lowest BCUT2D eigenvalue weighted by Gasteiger charge is -2.38. The van der Waals surface area contributed by atoms with Gasteiger partial charge in [0, 0.05) is 17.3 Å². The predicted molar refractivity (Wildman–Crippen MR) is 107 cm³/mol. The smallest absolute Gasteiger partial charge is 0.402 e. The first-order chi connectivity index (χ1) is 16.7. The molecule has 4 aliphatic heterocycles. The van der Waals surface area contributed by atoms with E-state index in [4.69, 9.17) is 18.3 Å². The van der Waals surface area contributed by atoms with E-state index in [1.54, 1.807) is 16.9 Å². The minimum Gasteiger partial charge on any atom is -0.402 e. The number of phosphoric acid groups is 1. The molecule has 1 spiro atoms. The van der Waals surface area contributed by atoms with Gasteiger partial charge in [-0.3, -0.25) is 4.98 Å². The predicted octanol–water partition coefficient (Wildman–Crippen LogP) is 2.66. The van der Waals surface area contributed by atoms with Gasteiger partial charge in [0.05, 0.1) is 11.7 Å². The molecule has 180 valence electrons. The molecule has 1 aromatic carbocycles. The lowest BCUT2D eigenvalue weighted by molar-refractivity contribution is -0.305. The van der Waals surface area contributed by atoms with Gasteiger partial charge in [-0.25, -0.2) is 36.6 Å². The summed E-state index contributed by atoms with van der Waals surface area (Å²) in [6, 6.07) is 7.09. The number of halogens is 2. The van der Waals surface area contributed by atoms with E-state index >= 15 is 4.39 Å². The highest BCUT2D eigenvalue weighted by molar-refractivity contribution is 7.50. The molecule has 5 fully saturated rings. The number of amides is 1. The number of rotatable bonds is 5. The number of aliphatic hydroxyl groups is 1. The number of hydrogen-bond donors (Lipinski definition) is 1. The van der Waals surface area contributed by atoms with Crippen LogP contribution in [0.25, 0.3) is 22.6 Å². The average Bonchev–Trinajstić information content (AvgIpc) is 3.29. The molecule has 3 aromatic rings. The Bertz CT molecular complexity index is 1440. The van der Waals surface area contributed by atoms with E-state index in [0.29, 0.717) is 22.0 Å². The Balaban J connectivity index is 1.19. The van der Waals surface area contributed by atoms with Crippen molar-refractivity contribution in [3.8, 4) is 22.6 Å². The standard InChI is InChI=1S/C19H13F2N6O7P/c20-13-7-11(26-17(29)31-18(16(21)28)19(26)33-35(30,32-18)34-19)4-5-12(13)9-1-6-14(22-8-9)15-23-25-27(24-15)10-2-3-10/h1,4-8,10,16,28H,2-3H2/t16-,18-,19?,35?/m1/s1. The first-order valence-electron chi connectivity index (χ1n) is 10.4. The number of phosphoric ester groups is 1. The Morgan fingerprint density at radius 3 is 2.66 bits per heavy atom. The number of alkyl halides is 1. The lowest BCUT2D eigenvalue weighted by Crippen LogP contribution is -2.63. The van der Waals surface area contributed by atoms with Crippen molar-refractivity contribution in [1.29, 1.82) is 0 Å². The number of carbonyl (C=O) groups excluding carboxylic acids is 1. The molecule has 1 saturated carbocycles. The fraction of sp³-hybridized carbons (Fsp3) is 0.316. The molecule has 2 atom stereocenters. The molecule has 16 heteroatoms. The summed E-state index contributed by atoms with van der Waals surface area (Å²) in [7, 11) is -4.23. The molecule has 1 amide bonds. The Morgan fingerprint density at radius 1 is 1.20 bits per heavy atom. The number of benzene rings is 1. The molecular formula is C19H13F2N6O7P. The van der Waals surface area contributed by atoms with Crippen LogP contribution in [0, 0.1) is 5.82 Å². The molecule has 13 nitrogen and oxygen atoms in total. The van der Waals surface area contributed by atoms with Crippen LogP contribution in [-0.4, -0.2) is 54.4 Å². The number of ether oxygens (including phenoxy) is 1. The van der Waals surface area contributed by atoms with Crippen LogP contribution >= 0.6 is 7.82 Å². The molecule has 2 bridgehead atoms. The minimum absolute atomic E-state index is 0.132. The molecule has 0 radical (unpaired) electrons. The van der Waals surface area contributed by atoms with Gasteiger partial charge in [-0.05, 0) is 42.3 Å². The first-order valence-corrected chi connectivity index (χ1v) is 11.8. The van der Waals surface area contributed by atoms with Crippen molar-refractivity contribution < 1.29 is 41.6 Å². The van der Waals surface area contributed by atoms with Crippen molar-refractivity contribution in [3.05, 3.63) is 42.3 Å². The molecule has 1 aliphatic carbocycles. The zero-order chi connectivity index (χ0) is 24.2. The summed E-state index contributed by atoms with van der Waals surface area (Å²) in [4.78, 5) is 18.9. The summed E-state index contributed by atoms with van der Waals surface area (Å²) in [6.07, 6.45) is -0.777. The molecular weight excluding hydrogens is 493 g/mol. The van der Waals surface area contributed by atoms with E-state index in [-0.39, 0.29) is 17.3 Å². The van der Waals surface area contributed by atoms with Crippen LogP contribution < -0.4 is 4.90 Å². The van der Waals surface area contributed by atoms with Gasteiger partial charge in [0.15, 0.2) is 0 Å². The number of nitrogens with zero attached hydrogens (tertiary/aromatic N) is 6. The quantitative estimate of drug-likeness (QED) is 0.509. The van der Waals surface area contributed by atoms with Crippen LogP contribution in [0.15, 0.2) is 36.5 Å². The van der Waals surface area contributed by atoms with Crippen molar-refractivity contribution in [1.82, 2.24) is 25.2 Å². The number of pyridine rings is 1. The molecule has 6 heterocycles. The van der Waals surface area contributed by atoms with E-state index in [1.165, 1.54) is 18.3 Å². The Hall–Kier alpha value is -3.36. The van der Waals surface area contributed by atoms with E-state index in [2.05, 4.69) is 20.4 Å². The minimum atomic E-state index is -4.23. The van der Waals surface area contributed by atoms with Gasteiger partial charge >= 0.3 is 25.6 Å². The van der Waals surface area contributed by atoms with Gasteiger partial charge in [0.1, 0.15) is 11.5 Å². The van der Waals surface area contributed by atoms with Crippen molar-refractivity contribution in [3.63, 3.8) is 0 Å². The average molecular weight is 506 g/mol. The van der Waals surface area contributed by atoms with Crippen LogP contribution in [-0.2, 0) is 22.9 Å². The van der Waals surface area contributed by atoms with Gasteiger partial charge < -0.3 is 9.84 Å². The van der Waals surface area contributed by atoms with Gasteiger partial charge in [-0.2, -0.15) is 4.80 Å². The maximum Gasteiger partial charge on any atom is 0.487 e. The summed E-state index contributed by atoms with van der Waals surface area (Å²) in [5.41, 5.74) is 0.824. The van der Waals surface area contributed by atoms with Crippen LogP contribution in [0.1, 0.15) is 18.9 Å². The third-order valence-corrected chi connectivity index (χ3v) is 7.44. The van der Waals surface area contributed by atoms with Gasteiger partial charge in [0.25, 0.3) is 6.36 Å². The summed E-state index contributed by atoms with van der Waals surface area (Å²) >= 11 is 0. The van der Waals surface area contributed by atoms with E-state index in [9.17, 15) is 18.9 Å². The number of aliphatic hydroxyl groups excluding tert-OH is 1. The molecule has 5 aliphatic rings. The number of aromatic nitrogens is 5. The van der Waals surface area contributed by atoms with E-state index < -0.39 is 37.8 Å². The highest BCUT2D eigenvalue weighted by Gasteiger charge is 2.92. The number of anilines is 1. The largest absolute Gasteiger partial charge is 0.487 e. The maximum atomic E-state index is 15.1. The molecule has 8 rings (SSSR count). The lowest BCUT2D eigenvalue weighted by atomic mass is 10.1. The van der Waals surface area contributed by atoms with Gasteiger partial charge in [-0.1, -0.05) is 6.07 Å². The number of carbonyl (C=O) groups is 1. The Labute approximate surface area is 193 Å². The summed E-state index contributed by atoms with van der Waals surface area (Å²) < 4.78 is 60.8. The second-order valence-electron chi connectivity index (χ2n) is 8.27. The molecule has 2 aromatic heterocycles. The van der Waals surface area contributed by atoms with Crippen LogP contribution in [0.4, 0.5) is 19.3 Å². The van der Waals surface area contributed by atoms with Crippen LogP contribution in [0.5, 0.6) is 0 Å². The number of tetrazole rings is 1. The zero-order valence-corrected chi connectivity index (χ0v) is 18.2. The van der Waals surface area contributed by atoms with Crippen molar-refractivity contribution in [2.24, 2.45) is 0 Å². The maximum absolute atomic E-state index is 15.1. The van der Waals surface area contributed by atoms with Crippen LogP contribution in [0.3, 0.4) is 0 Å². The number of hydrogen-bond acceptors (Lipinski definition) is 11. The van der Waals surface area contributed by atoms with Crippen LogP contribution in [0.2, 0.25) is 0 Å². The highest BCUT2D eigenvalue weighted by Crippen LogP contribution is 2.81. The zero-order valence-electron chi connectivity index (χ0n) is 17.3. The normalized spacial score (nSPS) is 31.7. The molecule has 0 unspecified atom stereocenters. The third kappa shape index (κ3) is 2.75. The summed E-state index contributed by atoms with van der Waals surface area (Å²) in [5.74, 6) is -5.76. The molecule has 1 N–H and O–H groups in total. The van der Waals surface area contributed by atoms with Gasteiger partial charge in [-0.15, -0.1) is 10.2 Å². The van der Waals surface area contributed by atoms with E-state index in [0.717, 1.165) is 18.9 Å². The monoisotopic (exact) mass is 506 g/mol. The SMILES string of the molecule is O=C1O[C@]2([C@@H](O)F)OP3(=O)OC2(O3)N1c1ccc(-c2ccc(-c3nnn(C4CC4)n3)nc2)c(F)c1. The summed E-state index contributed by atoms with van der Waals surface area (Å²) in [6.45, 7) is 0. The van der Waals surface area contributed by atoms with Gasteiger partial charge in [0.2, 0.25) is 5.82 Å². The summed E-state index contributed by atoms with van der Waals surface area (Å²) in [5, 5.41) is 21.8. The fourth-order valence-corrected chi connectivity index (χ4v) is 5.87. The Morgan fingerprint density at radius 2 is 2.00 bits per heavy atom. The second kappa shape index (κ2) is 6.65. The fourth-order valence-electron chi connectivity index (χ4n) is 4.18.